The summed E-state index contributed by atoms with van der Waals surface area (Å²) >= 11 is 0. The number of halogens is 3. The van der Waals surface area contributed by atoms with Gasteiger partial charge in [-0.05, 0) is 60.7 Å². The quantitative estimate of drug-likeness (QED) is 0.518. The number of benzene rings is 2. The summed E-state index contributed by atoms with van der Waals surface area (Å²) < 4.78 is 45.9. The number of nitrogens with one attached hydrogen (secondary N) is 2. The van der Waals surface area contributed by atoms with Crippen LogP contribution in [0.5, 0.6) is 5.75 Å². The molecule has 0 aromatic heterocycles. The molecule has 5 nitrogen and oxygen atoms in total. The van der Waals surface area contributed by atoms with E-state index < -0.39 is 11.6 Å². The molecule has 2 N–H and O–H groups in total. The fourth-order valence-electron chi connectivity index (χ4n) is 3.74. The van der Waals surface area contributed by atoms with Gasteiger partial charge < -0.3 is 15.4 Å². The highest BCUT2D eigenvalue weighted by Crippen LogP contribution is 2.20. The minimum atomic E-state index is -0.442. The number of guanidine groups is 1. The lowest BCUT2D eigenvalue weighted by Crippen LogP contribution is -2.48. The van der Waals surface area contributed by atoms with Crippen molar-refractivity contribution in [3.05, 3.63) is 65.0 Å². The molecule has 0 unspecified atom stereocenters. The molecule has 0 bridgehead atoms. The van der Waals surface area contributed by atoms with Gasteiger partial charge in [0.1, 0.15) is 11.6 Å². The molecule has 1 aliphatic rings. The van der Waals surface area contributed by atoms with Crippen molar-refractivity contribution in [2.24, 2.45) is 4.99 Å². The summed E-state index contributed by atoms with van der Waals surface area (Å²) in [5.74, 6) is -0.291. The van der Waals surface area contributed by atoms with E-state index >= 15 is 0 Å². The Morgan fingerprint density at radius 3 is 2.55 bits per heavy atom. The van der Waals surface area contributed by atoms with Gasteiger partial charge in [-0.25, -0.2) is 13.2 Å². The van der Waals surface area contributed by atoms with Crippen molar-refractivity contribution < 1.29 is 17.9 Å². The zero-order chi connectivity index (χ0) is 22.2. The fourth-order valence-corrected chi connectivity index (χ4v) is 3.74. The number of piperidine rings is 1. The molecule has 2 aromatic rings. The van der Waals surface area contributed by atoms with E-state index in [2.05, 4.69) is 20.5 Å². The van der Waals surface area contributed by atoms with Crippen LogP contribution < -0.4 is 15.4 Å². The van der Waals surface area contributed by atoms with Crippen LogP contribution in [-0.2, 0) is 13.0 Å². The van der Waals surface area contributed by atoms with E-state index in [-0.39, 0.29) is 17.6 Å². The van der Waals surface area contributed by atoms with Gasteiger partial charge in [0.15, 0.2) is 17.5 Å². The Hall–Kier alpha value is -2.74. The molecule has 1 fully saturated rings. The summed E-state index contributed by atoms with van der Waals surface area (Å²) in [4.78, 5) is 6.52. The minimum Gasteiger partial charge on any atom is -0.494 e. The molecule has 31 heavy (non-hydrogen) atoms. The third kappa shape index (κ3) is 6.62. The zero-order valence-corrected chi connectivity index (χ0v) is 17.9. The summed E-state index contributed by atoms with van der Waals surface area (Å²) in [6.07, 6.45) is 2.22. The van der Waals surface area contributed by atoms with Crippen LogP contribution in [-0.4, -0.2) is 50.7 Å². The van der Waals surface area contributed by atoms with Crippen molar-refractivity contribution in [2.75, 3.05) is 33.8 Å². The maximum atomic E-state index is 13.9. The van der Waals surface area contributed by atoms with Gasteiger partial charge in [0.25, 0.3) is 0 Å². The van der Waals surface area contributed by atoms with E-state index in [1.165, 1.54) is 19.2 Å². The fraction of sp³-hybridized carbons (Fsp3) is 0.435. The minimum absolute atomic E-state index is 0.255. The Labute approximate surface area is 181 Å². The van der Waals surface area contributed by atoms with Crippen molar-refractivity contribution in [1.82, 2.24) is 15.5 Å². The average Bonchev–Trinajstić information content (AvgIpc) is 2.77. The van der Waals surface area contributed by atoms with Crippen LogP contribution in [0.1, 0.15) is 24.0 Å². The van der Waals surface area contributed by atoms with E-state index in [4.69, 9.17) is 4.74 Å². The summed E-state index contributed by atoms with van der Waals surface area (Å²) in [6, 6.07) is 8.81. The molecule has 0 amide bonds. The van der Waals surface area contributed by atoms with Crippen LogP contribution in [0.2, 0.25) is 0 Å². The standard InChI is InChI=1S/C23H29F3N4O/c1-27-23(28-10-7-17-14-18(24)4-5-20(17)25)29-19-8-11-30(12-9-19)15-16-3-6-22(31-2)21(26)13-16/h3-6,13-14,19H,7-12,15H2,1-2H3,(H2,27,28,29). The third-order valence-electron chi connectivity index (χ3n) is 5.47. The molecule has 8 heteroatoms. The molecule has 3 rings (SSSR count). The first-order valence-electron chi connectivity index (χ1n) is 10.4. The van der Waals surface area contributed by atoms with Gasteiger partial charge in [-0.1, -0.05) is 6.07 Å². The molecule has 2 aromatic carbocycles. The largest absolute Gasteiger partial charge is 0.494 e. The van der Waals surface area contributed by atoms with Gasteiger partial charge >= 0.3 is 0 Å². The van der Waals surface area contributed by atoms with Crippen molar-refractivity contribution in [3.8, 4) is 5.75 Å². The molecule has 1 heterocycles. The van der Waals surface area contributed by atoms with E-state index in [9.17, 15) is 13.2 Å². The number of rotatable bonds is 7. The van der Waals surface area contributed by atoms with Crippen LogP contribution >= 0.6 is 0 Å². The number of hydrogen-bond donors (Lipinski definition) is 2. The highest BCUT2D eigenvalue weighted by atomic mass is 19.1. The van der Waals surface area contributed by atoms with Gasteiger partial charge in [0.05, 0.1) is 7.11 Å². The van der Waals surface area contributed by atoms with E-state index in [1.54, 1.807) is 13.1 Å². The first-order valence-corrected chi connectivity index (χ1v) is 10.4. The first kappa shape index (κ1) is 22.9. The smallest absolute Gasteiger partial charge is 0.191 e. The maximum absolute atomic E-state index is 13.9. The van der Waals surface area contributed by atoms with Crippen LogP contribution in [0.15, 0.2) is 41.4 Å². The molecule has 0 radical (unpaired) electrons. The molecule has 1 saturated heterocycles. The number of ether oxygens (including phenoxy) is 1. The maximum Gasteiger partial charge on any atom is 0.191 e. The third-order valence-corrected chi connectivity index (χ3v) is 5.47. The average molecular weight is 435 g/mol. The van der Waals surface area contributed by atoms with Crippen molar-refractivity contribution in [2.45, 2.75) is 31.8 Å². The molecule has 0 aliphatic carbocycles. The predicted octanol–water partition coefficient (Wildman–Crippen LogP) is 3.48. The van der Waals surface area contributed by atoms with Gasteiger partial charge in [-0.3, -0.25) is 9.89 Å². The van der Waals surface area contributed by atoms with Crippen LogP contribution in [0.4, 0.5) is 13.2 Å². The molecule has 1 aliphatic heterocycles. The Bertz CT molecular complexity index is 898. The number of hydrogen-bond acceptors (Lipinski definition) is 3. The van der Waals surface area contributed by atoms with Gasteiger partial charge in [-0.2, -0.15) is 0 Å². The summed E-state index contributed by atoms with van der Waals surface area (Å²) in [5.41, 5.74) is 1.26. The van der Waals surface area contributed by atoms with Crippen LogP contribution in [0.25, 0.3) is 0 Å². The second kappa shape index (κ2) is 11.0. The number of nitrogens with zero attached hydrogens (tertiary/aromatic N) is 2. The van der Waals surface area contributed by atoms with E-state index in [0.29, 0.717) is 31.0 Å². The van der Waals surface area contributed by atoms with Gasteiger partial charge in [0, 0.05) is 39.3 Å². The van der Waals surface area contributed by atoms with Crippen molar-refractivity contribution >= 4 is 5.96 Å². The van der Waals surface area contributed by atoms with Crippen LogP contribution in [0, 0.1) is 17.5 Å². The molecule has 0 atom stereocenters. The summed E-state index contributed by atoms with van der Waals surface area (Å²) in [6.45, 7) is 2.91. The summed E-state index contributed by atoms with van der Waals surface area (Å²) in [5, 5.41) is 6.56. The summed E-state index contributed by atoms with van der Waals surface area (Å²) in [7, 11) is 3.14. The zero-order valence-electron chi connectivity index (χ0n) is 17.9. The normalized spacial score (nSPS) is 15.7. The topological polar surface area (TPSA) is 48.9 Å². The molecule has 168 valence electrons. The molecule has 0 spiro atoms. The second-order valence-corrected chi connectivity index (χ2v) is 7.65. The lowest BCUT2D eigenvalue weighted by molar-refractivity contribution is 0.198. The van der Waals surface area contributed by atoms with Crippen LogP contribution in [0.3, 0.4) is 0 Å². The SMILES string of the molecule is CN=C(NCCc1cc(F)ccc1F)NC1CCN(Cc2ccc(OC)c(F)c2)CC1. The lowest BCUT2D eigenvalue weighted by Gasteiger charge is -2.33. The first-order chi connectivity index (χ1) is 15.0. The molecule has 0 saturated carbocycles. The Morgan fingerprint density at radius 2 is 1.87 bits per heavy atom. The second-order valence-electron chi connectivity index (χ2n) is 7.65. The van der Waals surface area contributed by atoms with E-state index in [1.807, 2.05) is 6.07 Å². The highest BCUT2D eigenvalue weighted by molar-refractivity contribution is 5.79. The Balaban J connectivity index is 1.41. The monoisotopic (exact) mass is 434 g/mol. The lowest BCUT2D eigenvalue weighted by atomic mass is 10.0. The van der Waals surface area contributed by atoms with Gasteiger partial charge in [0.2, 0.25) is 0 Å². The number of methoxy groups -OCH3 is 1. The van der Waals surface area contributed by atoms with Crippen molar-refractivity contribution in [1.29, 1.82) is 0 Å². The molecular formula is C23H29F3N4O. The number of likely N-dealkylation sites (tertiary alicyclic amines) is 1. The Kier molecular flexibility index (Phi) is 8.17. The van der Waals surface area contributed by atoms with E-state index in [0.717, 1.165) is 43.6 Å². The van der Waals surface area contributed by atoms with Gasteiger partial charge in [-0.15, -0.1) is 0 Å². The highest BCUT2D eigenvalue weighted by Gasteiger charge is 2.20. The van der Waals surface area contributed by atoms with Crippen molar-refractivity contribution in [3.63, 3.8) is 0 Å². The number of aliphatic imine (C=N–C) groups is 1. The molecular weight excluding hydrogens is 405 g/mol. The predicted molar refractivity (Wildman–Crippen MR) is 116 cm³/mol. The Morgan fingerprint density at radius 1 is 1.10 bits per heavy atom.